The number of carbonyl (C=O) groups is 1. The summed E-state index contributed by atoms with van der Waals surface area (Å²) in [4.78, 5) is 17.5. The number of hydrogen-bond donors (Lipinski definition) is 2. The van der Waals surface area contributed by atoms with Gasteiger partial charge < -0.3 is 19.3 Å². The van der Waals surface area contributed by atoms with E-state index in [1.807, 2.05) is 48.7 Å². The van der Waals surface area contributed by atoms with E-state index in [2.05, 4.69) is 15.0 Å². The molecule has 2 atom stereocenters. The van der Waals surface area contributed by atoms with Gasteiger partial charge in [0.15, 0.2) is 0 Å². The quantitative estimate of drug-likeness (QED) is 0.411. The summed E-state index contributed by atoms with van der Waals surface area (Å²) in [5.74, 6) is 0.714. The number of carbonyl (C=O) groups excluding carboxylic acids is 1. The molecule has 170 valence electrons. The van der Waals surface area contributed by atoms with Gasteiger partial charge in [-0.25, -0.2) is 4.98 Å². The molecule has 7 nitrogen and oxygen atoms in total. The summed E-state index contributed by atoms with van der Waals surface area (Å²) >= 11 is -0.829. The van der Waals surface area contributed by atoms with Gasteiger partial charge in [0.25, 0.3) is 0 Å². The van der Waals surface area contributed by atoms with Crippen molar-refractivity contribution in [2.45, 2.75) is 38.6 Å². The number of benzene rings is 2. The van der Waals surface area contributed by atoms with Crippen LogP contribution in [0.3, 0.4) is 0 Å². The van der Waals surface area contributed by atoms with Crippen molar-refractivity contribution in [3.05, 3.63) is 75.7 Å². The van der Waals surface area contributed by atoms with E-state index in [-0.39, 0.29) is 11.9 Å². The summed E-state index contributed by atoms with van der Waals surface area (Å²) in [5, 5.41) is 6.00. The number of aromatic nitrogens is 1. The predicted octanol–water partition coefficient (Wildman–Crippen LogP) is 3.95. The third kappa shape index (κ3) is 6.88. The SMILES string of the molecule is CCc1csc([C@H](Cc2ccc(NS(=O)[O-])cc2)NC(=O)CCc2ccccc2OC)n1. The van der Waals surface area contributed by atoms with Crippen molar-refractivity contribution in [3.8, 4) is 5.75 Å². The maximum Gasteiger partial charge on any atom is 0.220 e. The zero-order valence-corrected chi connectivity index (χ0v) is 19.6. The first kappa shape index (κ1) is 23.9. The van der Waals surface area contributed by atoms with E-state index in [9.17, 15) is 13.6 Å². The van der Waals surface area contributed by atoms with Crippen LogP contribution in [0, 0.1) is 0 Å². The molecule has 0 aliphatic carbocycles. The fourth-order valence-corrected chi connectivity index (χ4v) is 4.59. The van der Waals surface area contributed by atoms with Crippen LogP contribution in [0.15, 0.2) is 53.9 Å². The minimum absolute atomic E-state index is 0.0609. The first-order chi connectivity index (χ1) is 15.5. The van der Waals surface area contributed by atoms with Crippen LogP contribution in [-0.2, 0) is 35.3 Å². The molecule has 0 bridgehead atoms. The van der Waals surface area contributed by atoms with Gasteiger partial charge in [0, 0.05) is 28.8 Å². The Morgan fingerprint density at radius 2 is 1.97 bits per heavy atom. The number of methoxy groups -OCH3 is 1. The van der Waals surface area contributed by atoms with Crippen molar-refractivity contribution in [1.82, 2.24) is 10.3 Å². The standard InChI is InChI=1S/C23H27N3O4S2/c1-3-18-15-31-23(24-18)20(14-16-8-11-19(12-9-16)26-32(28)29)25-22(27)13-10-17-6-4-5-7-21(17)30-2/h4-9,11-12,15,20,26H,3,10,13-14H2,1-2H3,(H,25,27)(H,28,29)/p-1/t20-/m0/s1. The van der Waals surface area contributed by atoms with Crippen LogP contribution in [-0.4, -0.2) is 26.8 Å². The first-order valence-corrected chi connectivity index (χ1v) is 12.2. The third-order valence-corrected chi connectivity index (χ3v) is 6.38. The molecule has 32 heavy (non-hydrogen) atoms. The Morgan fingerprint density at radius 1 is 1.22 bits per heavy atom. The molecule has 0 fully saturated rings. The lowest BCUT2D eigenvalue weighted by Gasteiger charge is -2.18. The number of ether oxygens (including phenoxy) is 1. The molecule has 3 rings (SSSR count). The second-order valence-electron chi connectivity index (χ2n) is 7.20. The van der Waals surface area contributed by atoms with Crippen molar-refractivity contribution < 1.29 is 18.3 Å². The van der Waals surface area contributed by atoms with Gasteiger partial charge in [-0.05, 0) is 48.6 Å². The smallest absolute Gasteiger partial charge is 0.220 e. The summed E-state index contributed by atoms with van der Waals surface area (Å²) in [6, 6.07) is 14.5. The van der Waals surface area contributed by atoms with Crippen LogP contribution >= 0.6 is 11.3 Å². The molecular formula is C23H26N3O4S2-. The number of anilines is 1. The monoisotopic (exact) mass is 472 g/mol. The highest BCUT2D eigenvalue weighted by Crippen LogP contribution is 2.24. The Bertz CT molecular complexity index is 1050. The Morgan fingerprint density at radius 3 is 2.62 bits per heavy atom. The first-order valence-electron chi connectivity index (χ1n) is 10.3. The van der Waals surface area contributed by atoms with Crippen LogP contribution in [0.5, 0.6) is 5.75 Å². The summed E-state index contributed by atoms with van der Waals surface area (Å²) in [7, 11) is 1.62. The summed E-state index contributed by atoms with van der Waals surface area (Å²) in [6.07, 6.45) is 2.30. The summed E-state index contributed by atoms with van der Waals surface area (Å²) < 4.78 is 29.3. The molecule has 3 aromatic rings. The molecule has 0 aliphatic rings. The van der Waals surface area contributed by atoms with Crippen LogP contribution in [0.1, 0.15) is 41.2 Å². The number of para-hydroxylation sites is 1. The number of nitrogens with one attached hydrogen (secondary N) is 2. The van der Waals surface area contributed by atoms with E-state index < -0.39 is 11.3 Å². The van der Waals surface area contributed by atoms with E-state index in [1.165, 1.54) is 11.3 Å². The van der Waals surface area contributed by atoms with E-state index in [0.717, 1.165) is 34.0 Å². The van der Waals surface area contributed by atoms with Crippen molar-refractivity contribution in [1.29, 1.82) is 0 Å². The number of aryl methyl sites for hydroxylation is 2. The zero-order valence-electron chi connectivity index (χ0n) is 18.0. The summed E-state index contributed by atoms with van der Waals surface area (Å²) in [5.41, 5.74) is 3.44. The van der Waals surface area contributed by atoms with Gasteiger partial charge in [0.1, 0.15) is 10.8 Å². The minimum atomic E-state index is -2.36. The topological polar surface area (TPSA) is 103 Å². The number of rotatable bonds is 11. The Balaban J connectivity index is 1.70. The zero-order chi connectivity index (χ0) is 22.9. The van der Waals surface area contributed by atoms with E-state index in [1.54, 1.807) is 19.2 Å². The third-order valence-electron chi connectivity index (χ3n) is 4.97. The van der Waals surface area contributed by atoms with Crippen molar-refractivity contribution in [2.75, 3.05) is 11.8 Å². The molecule has 2 N–H and O–H groups in total. The second-order valence-corrected chi connectivity index (χ2v) is 8.76. The molecule has 2 aromatic carbocycles. The van der Waals surface area contributed by atoms with Gasteiger partial charge in [0.05, 0.1) is 18.8 Å². The van der Waals surface area contributed by atoms with Gasteiger partial charge in [0.2, 0.25) is 5.91 Å². The average molecular weight is 473 g/mol. The maximum atomic E-state index is 12.8. The summed E-state index contributed by atoms with van der Waals surface area (Å²) in [6.45, 7) is 2.05. The number of hydrogen-bond acceptors (Lipinski definition) is 6. The molecule has 1 heterocycles. The highest BCUT2D eigenvalue weighted by molar-refractivity contribution is 7.80. The van der Waals surface area contributed by atoms with Crippen LogP contribution in [0.2, 0.25) is 0 Å². The lowest BCUT2D eigenvalue weighted by atomic mass is 10.0. The molecule has 0 radical (unpaired) electrons. The largest absolute Gasteiger partial charge is 0.755 e. The van der Waals surface area contributed by atoms with E-state index in [0.29, 0.717) is 24.9 Å². The number of amides is 1. The van der Waals surface area contributed by atoms with E-state index >= 15 is 0 Å². The number of nitrogens with zero attached hydrogens (tertiary/aromatic N) is 1. The minimum Gasteiger partial charge on any atom is -0.755 e. The molecule has 0 aliphatic heterocycles. The molecule has 1 unspecified atom stereocenters. The van der Waals surface area contributed by atoms with Crippen molar-refractivity contribution in [3.63, 3.8) is 0 Å². The van der Waals surface area contributed by atoms with Crippen LogP contribution in [0.4, 0.5) is 5.69 Å². The van der Waals surface area contributed by atoms with Crippen LogP contribution < -0.4 is 14.8 Å². The molecule has 1 amide bonds. The maximum absolute atomic E-state index is 12.8. The van der Waals surface area contributed by atoms with Gasteiger partial charge in [-0.1, -0.05) is 37.3 Å². The average Bonchev–Trinajstić information content (AvgIpc) is 3.28. The lowest BCUT2D eigenvalue weighted by Crippen LogP contribution is -2.30. The molecule has 0 saturated heterocycles. The van der Waals surface area contributed by atoms with Gasteiger partial charge in [-0.2, -0.15) is 0 Å². The Hall–Kier alpha value is -2.75. The Labute approximate surface area is 194 Å². The molecule has 9 heteroatoms. The highest BCUT2D eigenvalue weighted by Gasteiger charge is 2.19. The number of thiazole rings is 1. The fourth-order valence-electron chi connectivity index (χ4n) is 3.31. The Kier molecular flexibility index (Phi) is 8.78. The lowest BCUT2D eigenvalue weighted by molar-refractivity contribution is -0.121. The van der Waals surface area contributed by atoms with Gasteiger partial charge in [-0.15, -0.1) is 11.3 Å². The van der Waals surface area contributed by atoms with Gasteiger partial charge in [-0.3, -0.25) is 9.00 Å². The van der Waals surface area contributed by atoms with Crippen molar-refractivity contribution >= 4 is 34.2 Å². The normalized spacial score (nSPS) is 12.7. The molecule has 0 spiro atoms. The highest BCUT2D eigenvalue weighted by atomic mass is 32.2. The fraction of sp³-hybridized carbons (Fsp3) is 0.304. The molecule has 0 saturated carbocycles. The second kappa shape index (κ2) is 11.8. The van der Waals surface area contributed by atoms with E-state index in [4.69, 9.17) is 4.74 Å². The van der Waals surface area contributed by atoms with Crippen LogP contribution in [0.25, 0.3) is 0 Å². The molecular weight excluding hydrogens is 446 g/mol. The van der Waals surface area contributed by atoms with Crippen molar-refractivity contribution in [2.24, 2.45) is 0 Å². The predicted molar refractivity (Wildman–Crippen MR) is 126 cm³/mol. The molecule has 1 aromatic heterocycles. The van der Waals surface area contributed by atoms with Gasteiger partial charge >= 0.3 is 0 Å².